The largest absolute Gasteiger partial charge is 0.472 e. The minimum absolute atomic E-state index is 0.0920. The highest BCUT2D eigenvalue weighted by molar-refractivity contribution is 7.47. The number of hydrogen-bond acceptors (Lipinski definition) is 14. The van der Waals surface area contributed by atoms with Crippen LogP contribution in [-0.4, -0.2) is 95.9 Å². The maximum Gasteiger partial charge on any atom is 0.472 e. The van der Waals surface area contributed by atoms with Crippen molar-refractivity contribution in [3.05, 3.63) is 146 Å². The molecule has 4 N–H and O–H groups in total. The maximum absolute atomic E-state index is 13.0. The maximum atomic E-state index is 13.0. The molecule has 5 atom stereocenters. The quantitative estimate of drug-likeness (QED) is 0.0146. The summed E-state index contributed by atoms with van der Waals surface area (Å²) in [6.07, 6.45) is 97.4. The second-order valence-corrected chi connectivity index (χ2v) is 30.1. The van der Waals surface area contributed by atoms with E-state index in [4.69, 9.17) is 32.3 Å². The summed E-state index contributed by atoms with van der Waals surface area (Å²) in [6, 6.07) is 0. The third-order valence-corrected chi connectivity index (χ3v) is 18.9. The summed E-state index contributed by atoms with van der Waals surface area (Å²) in [5, 5.41) is 20.7. The lowest BCUT2D eigenvalue weighted by Crippen LogP contribution is -2.30. The van der Waals surface area contributed by atoms with Crippen molar-refractivity contribution < 1.29 is 75.8 Å². The number of carbonyl (C=O) groups is 3. The van der Waals surface area contributed by atoms with Crippen LogP contribution in [0, 0.1) is 0 Å². The number of carbonyl (C=O) groups excluding carboxylic acids is 3. The molecule has 0 aliphatic heterocycles. The van der Waals surface area contributed by atoms with Gasteiger partial charge in [-0.05, 0) is 141 Å². The predicted molar refractivity (Wildman–Crippen MR) is 436 cm³/mol. The number of phosphoric acid groups is 2. The van der Waals surface area contributed by atoms with Gasteiger partial charge in [-0.25, -0.2) is 9.13 Å². The van der Waals surface area contributed by atoms with Crippen LogP contribution in [0.3, 0.4) is 0 Å². The molecular formula is C87H148O16P2. The van der Waals surface area contributed by atoms with E-state index in [1.54, 1.807) is 0 Å². The van der Waals surface area contributed by atoms with Crippen LogP contribution >= 0.6 is 15.6 Å². The Balaban J connectivity index is 4.58. The standard InChI is InChI=1S/C87H148O16P2/c1-4-7-10-13-16-19-22-25-28-30-32-34-36-38-40-42-44-46-48-50-53-55-58-61-64-67-70-73-85(90)97-76-82(88)77-99-104(93,94)100-78-83(89)79-101-105(95,96)102-81-84(103-87(92)75-72-69-66-63-60-57-52-27-24-21-18-15-12-9-6-3)80-98-86(91)74-71-68-65-62-59-56-54-51-49-47-45-43-41-39-37-35-33-31-29-26-23-20-17-14-11-8-5-2/h7-8,10-11,16-17,19-20,25-29,32-35,38-41,44,46,52,82-84,88-89H,4-6,9,12-15,18,21-24,30-31,36-37,42-43,45,47-51,53-81H2,1-3H3,(H,93,94)(H,95,96)/b10-7-,11-8-,19-16-,20-17-,28-25-,29-26-,34-32-,35-33-,40-38-,41-39-,46-44-,52-27-. The summed E-state index contributed by atoms with van der Waals surface area (Å²) in [5.74, 6) is -1.59. The van der Waals surface area contributed by atoms with Crippen molar-refractivity contribution in [1.29, 1.82) is 0 Å². The summed E-state index contributed by atoms with van der Waals surface area (Å²) in [7, 11) is -9.80. The van der Waals surface area contributed by atoms with Crippen molar-refractivity contribution in [3.63, 3.8) is 0 Å². The Bertz CT molecular complexity index is 2490. The number of hydrogen-bond donors (Lipinski definition) is 4. The second kappa shape index (κ2) is 79.0. The normalized spacial score (nSPS) is 14.7. The summed E-state index contributed by atoms with van der Waals surface area (Å²) >= 11 is 0. The summed E-state index contributed by atoms with van der Waals surface area (Å²) < 4.78 is 61.2. The Hall–Kier alpha value is -4.57. The fraction of sp³-hybridized carbons (Fsp3) is 0.690. The first kappa shape index (κ1) is 100. The van der Waals surface area contributed by atoms with Gasteiger partial charge >= 0.3 is 33.6 Å². The molecule has 0 heterocycles. The molecule has 602 valence electrons. The monoisotopic (exact) mass is 1510 g/mol. The molecule has 5 unspecified atom stereocenters. The van der Waals surface area contributed by atoms with E-state index in [9.17, 15) is 43.5 Å². The number of ether oxygens (including phenoxy) is 3. The Morgan fingerprint density at radius 3 is 0.810 bits per heavy atom. The molecule has 0 aliphatic rings. The molecule has 0 spiro atoms. The van der Waals surface area contributed by atoms with Crippen LogP contribution in [0.5, 0.6) is 0 Å². The number of unbranched alkanes of at least 4 members (excludes halogenated alkanes) is 30. The number of rotatable bonds is 77. The number of aliphatic hydroxyl groups excluding tert-OH is 2. The molecule has 0 aromatic heterocycles. The van der Waals surface area contributed by atoms with Crippen molar-refractivity contribution >= 4 is 33.6 Å². The Labute approximate surface area is 638 Å². The first-order valence-corrected chi connectivity index (χ1v) is 44.1. The van der Waals surface area contributed by atoms with Gasteiger partial charge in [0.15, 0.2) is 6.10 Å². The average Bonchev–Trinajstić information content (AvgIpc) is 0.942. The van der Waals surface area contributed by atoms with Crippen molar-refractivity contribution in [2.75, 3.05) is 39.6 Å². The van der Waals surface area contributed by atoms with Crippen molar-refractivity contribution in [1.82, 2.24) is 0 Å². The van der Waals surface area contributed by atoms with Crippen molar-refractivity contribution in [2.24, 2.45) is 0 Å². The molecule has 18 heteroatoms. The summed E-state index contributed by atoms with van der Waals surface area (Å²) in [5.41, 5.74) is 0. The Morgan fingerprint density at radius 2 is 0.505 bits per heavy atom. The van der Waals surface area contributed by atoms with Gasteiger partial charge in [-0.2, -0.15) is 0 Å². The van der Waals surface area contributed by atoms with E-state index < -0.39 is 91.5 Å². The highest BCUT2D eigenvalue weighted by atomic mass is 31.2. The van der Waals surface area contributed by atoms with Crippen molar-refractivity contribution in [2.45, 2.75) is 347 Å². The van der Waals surface area contributed by atoms with Gasteiger partial charge in [0, 0.05) is 19.3 Å². The van der Waals surface area contributed by atoms with E-state index in [1.807, 2.05) is 0 Å². The van der Waals surface area contributed by atoms with Crippen LogP contribution in [0.2, 0.25) is 0 Å². The smallest absolute Gasteiger partial charge is 0.463 e. The molecule has 0 amide bonds. The van der Waals surface area contributed by atoms with Crippen LogP contribution in [0.25, 0.3) is 0 Å². The number of allylic oxidation sites excluding steroid dienone is 24. The molecule has 16 nitrogen and oxygen atoms in total. The number of aliphatic hydroxyl groups is 2. The fourth-order valence-corrected chi connectivity index (χ4v) is 12.4. The lowest BCUT2D eigenvalue weighted by molar-refractivity contribution is -0.161. The van der Waals surface area contributed by atoms with Crippen LogP contribution in [0.1, 0.15) is 329 Å². The Morgan fingerprint density at radius 1 is 0.276 bits per heavy atom. The zero-order valence-electron chi connectivity index (χ0n) is 65.9. The van der Waals surface area contributed by atoms with Crippen LogP contribution in [0.4, 0.5) is 0 Å². The summed E-state index contributed by atoms with van der Waals surface area (Å²) in [4.78, 5) is 58.7. The lowest BCUT2D eigenvalue weighted by atomic mass is 10.0. The van der Waals surface area contributed by atoms with E-state index in [0.29, 0.717) is 19.3 Å². The second-order valence-electron chi connectivity index (χ2n) is 27.2. The van der Waals surface area contributed by atoms with E-state index in [-0.39, 0.29) is 19.3 Å². The van der Waals surface area contributed by atoms with Gasteiger partial charge in [0.2, 0.25) is 0 Å². The third-order valence-electron chi connectivity index (χ3n) is 17.0. The lowest BCUT2D eigenvalue weighted by Gasteiger charge is -2.21. The van der Waals surface area contributed by atoms with Gasteiger partial charge in [0.1, 0.15) is 25.4 Å². The highest BCUT2D eigenvalue weighted by Gasteiger charge is 2.29. The molecule has 0 aromatic carbocycles. The SMILES string of the molecule is CC/C=C\C/C=C\C/C=C\C/C=C\C/C=C\C/C=C\CCCCCCCCCCC(=O)OCC(O)COP(=O)(O)OCC(O)COP(=O)(O)OCC(COC(=O)CCCCCCCCCCCCC/C=C\C/C=C\C/C=C\C/C=C\C/C=C\CC)OC(=O)CCCCCCC/C=C\CCCCCCCC. The van der Waals surface area contributed by atoms with E-state index in [2.05, 4.69) is 167 Å². The zero-order chi connectivity index (χ0) is 76.6. The molecule has 0 aliphatic carbocycles. The van der Waals surface area contributed by atoms with Gasteiger partial charge in [-0.15, -0.1) is 0 Å². The van der Waals surface area contributed by atoms with Gasteiger partial charge < -0.3 is 34.2 Å². The first-order chi connectivity index (χ1) is 51.2. The molecule has 105 heavy (non-hydrogen) atoms. The van der Waals surface area contributed by atoms with Gasteiger partial charge in [0.25, 0.3) is 0 Å². The fourth-order valence-electron chi connectivity index (χ4n) is 10.8. The molecule has 0 fully saturated rings. The topological polar surface area (TPSA) is 231 Å². The number of phosphoric ester groups is 2. The molecule has 0 aromatic rings. The molecule has 0 saturated carbocycles. The molecule has 0 saturated heterocycles. The van der Waals surface area contributed by atoms with E-state index in [0.717, 1.165) is 173 Å². The molecule has 0 radical (unpaired) electrons. The molecule has 0 bridgehead atoms. The highest BCUT2D eigenvalue weighted by Crippen LogP contribution is 2.45. The summed E-state index contributed by atoms with van der Waals surface area (Å²) in [6.45, 7) is 2.45. The van der Waals surface area contributed by atoms with Crippen LogP contribution in [-0.2, 0) is 55.8 Å². The van der Waals surface area contributed by atoms with Gasteiger partial charge in [-0.3, -0.25) is 32.5 Å². The minimum atomic E-state index is -4.94. The van der Waals surface area contributed by atoms with Crippen LogP contribution in [0.15, 0.2) is 146 Å². The first-order valence-electron chi connectivity index (χ1n) is 41.1. The zero-order valence-corrected chi connectivity index (χ0v) is 67.6. The average molecular weight is 1510 g/mol. The Kier molecular flexibility index (Phi) is 75.6. The predicted octanol–water partition coefficient (Wildman–Crippen LogP) is 24.4. The third kappa shape index (κ3) is 80.3. The van der Waals surface area contributed by atoms with Gasteiger partial charge in [0.05, 0.1) is 26.4 Å². The van der Waals surface area contributed by atoms with Crippen LogP contribution < -0.4 is 0 Å². The molecular weight excluding hydrogens is 1360 g/mol. The minimum Gasteiger partial charge on any atom is -0.463 e. The van der Waals surface area contributed by atoms with Gasteiger partial charge in [-0.1, -0.05) is 314 Å². The number of esters is 3. The van der Waals surface area contributed by atoms with Crippen molar-refractivity contribution in [3.8, 4) is 0 Å². The molecule has 0 rings (SSSR count). The van der Waals surface area contributed by atoms with E-state index in [1.165, 1.54) is 96.3 Å². The van der Waals surface area contributed by atoms with E-state index >= 15 is 0 Å².